The maximum Gasteiger partial charge on any atom is 0.163 e. The second-order valence-electron chi connectivity index (χ2n) is 10.7. The third-order valence-electron chi connectivity index (χ3n) is 8.82. The first-order chi connectivity index (χ1) is 14.9. The van der Waals surface area contributed by atoms with Gasteiger partial charge in [-0.1, -0.05) is 37.0 Å². The standard InChI is InChI=1S/C29H35NO/c1-5-7-20-16-21-17-27(31)25(19-9-11-22(12-10-19)30(3)4)18-24(21)23-13-15-29(2)14-6-8-26(29)28(20)23/h9-12,17,20,25-26,28H,6,8,13-16,18H2,1-4H3/t20?,25?,26-,28+,29-/m0/s1. The predicted molar refractivity (Wildman–Crippen MR) is 128 cm³/mol. The molecule has 0 amide bonds. The van der Waals surface area contributed by atoms with Gasteiger partial charge in [0.05, 0.1) is 5.92 Å². The van der Waals surface area contributed by atoms with Crippen molar-refractivity contribution in [1.29, 1.82) is 0 Å². The van der Waals surface area contributed by atoms with Gasteiger partial charge in [0, 0.05) is 25.7 Å². The first-order valence-corrected chi connectivity index (χ1v) is 12.1. The number of benzene rings is 1. The van der Waals surface area contributed by atoms with E-state index >= 15 is 0 Å². The van der Waals surface area contributed by atoms with Crippen molar-refractivity contribution in [2.75, 3.05) is 19.0 Å². The van der Waals surface area contributed by atoms with Crippen molar-refractivity contribution in [2.45, 2.75) is 64.7 Å². The van der Waals surface area contributed by atoms with E-state index in [-0.39, 0.29) is 11.7 Å². The molecule has 5 atom stereocenters. The molecular weight excluding hydrogens is 378 g/mol. The van der Waals surface area contributed by atoms with E-state index in [0.717, 1.165) is 24.3 Å². The normalized spacial score (nSPS) is 34.2. The van der Waals surface area contributed by atoms with Gasteiger partial charge in [-0.15, -0.1) is 5.92 Å². The Morgan fingerprint density at radius 3 is 2.58 bits per heavy atom. The highest BCUT2D eigenvalue weighted by molar-refractivity contribution is 5.98. The van der Waals surface area contributed by atoms with E-state index in [1.807, 2.05) is 13.0 Å². The zero-order chi connectivity index (χ0) is 21.8. The van der Waals surface area contributed by atoms with E-state index in [2.05, 4.69) is 62.0 Å². The Morgan fingerprint density at radius 1 is 1.10 bits per heavy atom. The molecule has 4 aliphatic rings. The molecule has 162 valence electrons. The lowest BCUT2D eigenvalue weighted by atomic mass is 9.54. The number of carbonyl (C=O) groups excluding carboxylic acids is 1. The lowest BCUT2D eigenvalue weighted by molar-refractivity contribution is -0.116. The lowest BCUT2D eigenvalue weighted by Gasteiger charge is -2.49. The summed E-state index contributed by atoms with van der Waals surface area (Å²) in [7, 11) is 4.11. The average Bonchev–Trinajstić information content (AvgIpc) is 3.15. The molecule has 2 unspecified atom stereocenters. The summed E-state index contributed by atoms with van der Waals surface area (Å²) in [6, 6.07) is 8.59. The molecule has 0 radical (unpaired) electrons. The minimum Gasteiger partial charge on any atom is -0.378 e. The number of ketones is 1. The smallest absolute Gasteiger partial charge is 0.163 e. The number of fused-ring (bicyclic) bond motifs is 4. The summed E-state index contributed by atoms with van der Waals surface area (Å²) in [4.78, 5) is 15.3. The second kappa shape index (κ2) is 7.70. The van der Waals surface area contributed by atoms with E-state index in [0.29, 0.717) is 17.3 Å². The molecule has 4 aliphatic carbocycles. The molecule has 0 aromatic heterocycles. The fourth-order valence-electron chi connectivity index (χ4n) is 7.18. The molecular formula is C29H35NO. The van der Waals surface area contributed by atoms with Crippen molar-refractivity contribution in [1.82, 2.24) is 0 Å². The molecule has 0 aliphatic heterocycles. The SMILES string of the molecule is CC#CC1CC2=CC(=O)C(c3ccc(N(C)C)cc3)CC2=C2CC[C@]3(C)CCC[C@H]3[C@@H]21. The number of allylic oxidation sites excluding steroid dienone is 4. The number of hydrogen-bond donors (Lipinski definition) is 0. The van der Waals surface area contributed by atoms with E-state index in [1.165, 1.54) is 48.9 Å². The Morgan fingerprint density at radius 2 is 1.87 bits per heavy atom. The van der Waals surface area contributed by atoms with Crippen LogP contribution in [0.1, 0.15) is 70.3 Å². The molecule has 1 aromatic carbocycles. The maximum absolute atomic E-state index is 13.2. The van der Waals surface area contributed by atoms with E-state index in [1.54, 1.807) is 5.57 Å². The van der Waals surface area contributed by atoms with Gasteiger partial charge in [-0.05, 0) is 97.6 Å². The average molecular weight is 414 g/mol. The summed E-state index contributed by atoms with van der Waals surface area (Å²) < 4.78 is 0. The zero-order valence-electron chi connectivity index (χ0n) is 19.5. The number of carbonyl (C=O) groups is 1. The summed E-state index contributed by atoms with van der Waals surface area (Å²) in [5.41, 5.74) is 7.32. The maximum atomic E-state index is 13.2. The summed E-state index contributed by atoms with van der Waals surface area (Å²) in [6.45, 7) is 4.51. The topological polar surface area (TPSA) is 20.3 Å². The second-order valence-corrected chi connectivity index (χ2v) is 10.7. The van der Waals surface area contributed by atoms with Crippen LogP contribution in [-0.4, -0.2) is 19.9 Å². The summed E-state index contributed by atoms with van der Waals surface area (Å²) >= 11 is 0. The molecule has 1 aromatic rings. The van der Waals surface area contributed by atoms with Crippen LogP contribution in [0.3, 0.4) is 0 Å². The van der Waals surface area contributed by atoms with Gasteiger partial charge >= 0.3 is 0 Å². The van der Waals surface area contributed by atoms with Crippen molar-refractivity contribution in [3.63, 3.8) is 0 Å². The highest BCUT2D eigenvalue weighted by atomic mass is 16.1. The van der Waals surface area contributed by atoms with E-state index in [4.69, 9.17) is 0 Å². The van der Waals surface area contributed by atoms with Crippen molar-refractivity contribution in [2.24, 2.45) is 23.2 Å². The Bertz CT molecular complexity index is 1020. The van der Waals surface area contributed by atoms with Crippen LogP contribution in [0.25, 0.3) is 0 Å². The highest BCUT2D eigenvalue weighted by Crippen LogP contribution is 2.61. The predicted octanol–water partition coefficient (Wildman–Crippen LogP) is 6.29. The van der Waals surface area contributed by atoms with Crippen molar-refractivity contribution < 1.29 is 4.79 Å². The summed E-state index contributed by atoms with van der Waals surface area (Å²) in [5.74, 6) is 8.82. The Labute approximate surface area is 187 Å². The minimum atomic E-state index is -0.0335. The monoisotopic (exact) mass is 413 g/mol. The van der Waals surface area contributed by atoms with E-state index in [9.17, 15) is 4.79 Å². The van der Waals surface area contributed by atoms with Crippen LogP contribution in [0.4, 0.5) is 5.69 Å². The fourth-order valence-corrected chi connectivity index (χ4v) is 7.18. The Kier molecular flexibility index (Phi) is 5.12. The molecule has 2 nitrogen and oxygen atoms in total. The largest absolute Gasteiger partial charge is 0.378 e. The number of nitrogens with zero attached hydrogens (tertiary/aromatic N) is 1. The number of hydrogen-bond acceptors (Lipinski definition) is 2. The first kappa shape index (κ1) is 20.6. The third kappa shape index (κ3) is 3.38. The lowest BCUT2D eigenvalue weighted by Crippen LogP contribution is -2.41. The molecule has 2 fully saturated rings. The van der Waals surface area contributed by atoms with Gasteiger partial charge < -0.3 is 4.90 Å². The molecule has 31 heavy (non-hydrogen) atoms. The first-order valence-electron chi connectivity index (χ1n) is 12.1. The van der Waals surface area contributed by atoms with E-state index < -0.39 is 0 Å². The van der Waals surface area contributed by atoms with Crippen molar-refractivity contribution in [3.8, 4) is 11.8 Å². The Hall–Kier alpha value is -2.27. The van der Waals surface area contributed by atoms with Gasteiger partial charge in [-0.25, -0.2) is 0 Å². The van der Waals surface area contributed by atoms with Crippen molar-refractivity contribution >= 4 is 11.5 Å². The van der Waals surface area contributed by atoms with Gasteiger partial charge in [0.15, 0.2) is 5.78 Å². The molecule has 0 N–H and O–H groups in total. The molecule has 2 heteroatoms. The van der Waals surface area contributed by atoms with Gasteiger partial charge in [0.2, 0.25) is 0 Å². The third-order valence-corrected chi connectivity index (χ3v) is 8.82. The minimum absolute atomic E-state index is 0.0335. The molecule has 0 bridgehead atoms. The molecule has 0 heterocycles. The van der Waals surface area contributed by atoms with Gasteiger partial charge in [0.1, 0.15) is 0 Å². The number of rotatable bonds is 2. The van der Waals surface area contributed by atoms with Crippen LogP contribution in [0.5, 0.6) is 0 Å². The fraction of sp³-hybridized carbons (Fsp3) is 0.552. The van der Waals surface area contributed by atoms with Gasteiger partial charge in [0.25, 0.3) is 0 Å². The zero-order valence-corrected chi connectivity index (χ0v) is 19.5. The Balaban J connectivity index is 1.54. The van der Waals surface area contributed by atoms with Crippen LogP contribution in [0, 0.1) is 35.0 Å². The molecule has 5 rings (SSSR count). The molecule has 0 saturated heterocycles. The van der Waals surface area contributed by atoms with Gasteiger partial charge in [-0.2, -0.15) is 0 Å². The van der Waals surface area contributed by atoms with Crippen LogP contribution < -0.4 is 4.90 Å². The van der Waals surface area contributed by atoms with Crippen molar-refractivity contribution in [3.05, 3.63) is 52.6 Å². The molecule has 0 spiro atoms. The van der Waals surface area contributed by atoms with Crippen LogP contribution >= 0.6 is 0 Å². The van der Waals surface area contributed by atoms with Crippen LogP contribution in [0.15, 0.2) is 47.1 Å². The highest BCUT2D eigenvalue weighted by Gasteiger charge is 2.51. The van der Waals surface area contributed by atoms with Gasteiger partial charge in [-0.3, -0.25) is 4.79 Å². The number of anilines is 1. The summed E-state index contributed by atoms with van der Waals surface area (Å²) in [6.07, 6.45) is 10.4. The molecule has 2 saturated carbocycles. The van der Waals surface area contributed by atoms with Crippen LogP contribution in [-0.2, 0) is 4.79 Å². The summed E-state index contributed by atoms with van der Waals surface area (Å²) in [5, 5.41) is 0. The van der Waals surface area contributed by atoms with Crippen LogP contribution in [0.2, 0.25) is 0 Å². The quantitative estimate of drug-likeness (QED) is 0.531.